The Morgan fingerprint density at radius 3 is 2.58 bits per heavy atom. The molecule has 0 amide bonds. The Morgan fingerprint density at radius 1 is 0.885 bits per heavy atom. The molecule has 4 heteroatoms. The molecule has 4 nitrogen and oxygen atoms in total. The van der Waals surface area contributed by atoms with Crippen LogP contribution in [0, 0.1) is 0 Å². The Labute approximate surface area is 153 Å². The summed E-state index contributed by atoms with van der Waals surface area (Å²) >= 11 is 0. The van der Waals surface area contributed by atoms with E-state index < -0.39 is 0 Å². The van der Waals surface area contributed by atoms with Crippen molar-refractivity contribution < 1.29 is 0 Å². The van der Waals surface area contributed by atoms with E-state index in [-0.39, 0.29) is 5.69 Å². The Balaban J connectivity index is 1.43. The van der Waals surface area contributed by atoms with Crippen molar-refractivity contribution in [1.29, 1.82) is 0 Å². The minimum absolute atomic E-state index is 0.0417. The molecule has 2 saturated heterocycles. The lowest BCUT2D eigenvalue weighted by molar-refractivity contribution is 0.0323. The third-order valence-electron chi connectivity index (χ3n) is 6.32. The summed E-state index contributed by atoms with van der Waals surface area (Å²) in [6.07, 6.45) is 5.89. The minimum Gasteiger partial charge on any atom is -0.306 e. The predicted octanol–water partition coefficient (Wildman–Crippen LogP) is 4.26. The van der Waals surface area contributed by atoms with Crippen molar-refractivity contribution in [1.82, 2.24) is 14.5 Å². The number of nitrogens with one attached hydrogen (secondary N) is 1. The van der Waals surface area contributed by atoms with Crippen molar-refractivity contribution in [3.05, 3.63) is 70.6 Å². The van der Waals surface area contributed by atoms with E-state index in [1.807, 2.05) is 22.8 Å². The first-order valence-corrected chi connectivity index (χ1v) is 9.81. The Kier molecular flexibility index (Phi) is 3.93. The number of aromatic amines is 1. The summed E-state index contributed by atoms with van der Waals surface area (Å²) in [5.41, 5.74) is 3.48. The van der Waals surface area contributed by atoms with Crippen LogP contribution in [0.2, 0.25) is 0 Å². The summed E-state index contributed by atoms with van der Waals surface area (Å²) in [7, 11) is 0. The Morgan fingerprint density at radius 2 is 1.69 bits per heavy atom. The molecule has 2 aliphatic heterocycles. The van der Waals surface area contributed by atoms with Gasteiger partial charge in [0.25, 0.3) is 0 Å². The number of imidazole rings is 1. The van der Waals surface area contributed by atoms with Gasteiger partial charge in [0.2, 0.25) is 0 Å². The van der Waals surface area contributed by atoms with Crippen LogP contribution >= 0.6 is 0 Å². The first-order valence-electron chi connectivity index (χ1n) is 9.81. The van der Waals surface area contributed by atoms with Crippen LogP contribution in [-0.2, 0) is 0 Å². The van der Waals surface area contributed by atoms with Crippen molar-refractivity contribution in [2.24, 2.45) is 0 Å². The third kappa shape index (κ3) is 2.60. The quantitative estimate of drug-likeness (QED) is 0.752. The number of aromatic nitrogens is 2. The number of benzene rings is 2. The maximum atomic E-state index is 12.6. The largest absolute Gasteiger partial charge is 0.326 e. The average Bonchev–Trinajstić information content (AvgIpc) is 3.03. The van der Waals surface area contributed by atoms with Gasteiger partial charge in [-0.25, -0.2) is 4.79 Å². The molecular weight excluding hydrogens is 322 g/mol. The highest BCUT2D eigenvalue weighted by atomic mass is 16.1. The molecule has 0 radical (unpaired) electrons. The lowest BCUT2D eigenvalue weighted by Gasteiger charge is -2.47. The molecule has 2 fully saturated rings. The number of piperidine rings is 2. The zero-order valence-corrected chi connectivity index (χ0v) is 15.0. The highest BCUT2D eigenvalue weighted by molar-refractivity contribution is 5.75. The molecule has 0 saturated carbocycles. The second kappa shape index (κ2) is 6.44. The van der Waals surface area contributed by atoms with E-state index in [0.29, 0.717) is 18.1 Å². The molecule has 3 atom stereocenters. The average molecular weight is 347 g/mol. The molecule has 134 valence electrons. The van der Waals surface area contributed by atoms with Gasteiger partial charge in [-0.05, 0) is 49.8 Å². The molecular formula is C22H25N3O. The number of H-pyrrole nitrogens is 1. The first kappa shape index (κ1) is 15.9. The van der Waals surface area contributed by atoms with Crippen molar-refractivity contribution in [3.63, 3.8) is 0 Å². The van der Waals surface area contributed by atoms with Gasteiger partial charge in [-0.2, -0.15) is 0 Å². The zero-order chi connectivity index (χ0) is 17.5. The standard InChI is InChI=1S/C22H25N3O/c26-22-23-19-10-4-5-11-21(19)25(22)18-13-14-24-17(15-18)9-6-12-20(24)16-7-2-1-3-8-16/h1-5,7-8,10-11,17-18,20H,6,9,12-15H2,(H,23,26)/t17-,18+,20+/m1/s1. The summed E-state index contributed by atoms with van der Waals surface area (Å²) in [4.78, 5) is 18.3. The van der Waals surface area contributed by atoms with Crippen LogP contribution in [0.1, 0.15) is 49.8 Å². The molecule has 3 aromatic rings. The Bertz CT molecular complexity index is 958. The van der Waals surface area contributed by atoms with E-state index in [1.165, 1.54) is 24.8 Å². The topological polar surface area (TPSA) is 41.0 Å². The van der Waals surface area contributed by atoms with E-state index in [1.54, 1.807) is 0 Å². The van der Waals surface area contributed by atoms with Gasteiger partial charge in [-0.15, -0.1) is 0 Å². The molecule has 1 aromatic heterocycles. The summed E-state index contributed by atoms with van der Waals surface area (Å²) in [6.45, 7) is 1.07. The van der Waals surface area contributed by atoms with Crippen molar-refractivity contribution in [2.45, 2.75) is 50.2 Å². The maximum absolute atomic E-state index is 12.6. The maximum Gasteiger partial charge on any atom is 0.326 e. The number of hydrogen-bond donors (Lipinski definition) is 1. The van der Waals surface area contributed by atoms with Crippen LogP contribution in [0.4, 0.5) is 0 Å². The van der Waals surface area contributed by atoms with Crippen molar-refractivity contribution in [3.8, 4) is 0 Å². The second-order valence-corrected chi connectivity index (χ2v) is 7.74. The van der Waals surface area contributed by atoms with Crippen LogP contribution < -0.4 is 5.69 Å². The predicted molar refractivity (Wildman–Crippen MR) is 104 cm³/mol. The van der Waals surface area contributed by atoms with E-state index in [2.05, 4.69) is 46.3 Å². The number of rotatable bonds is 2. The van der Waals surface area contributed by atoms with Gasteiger partial charge in [0, 0.05) is 24.7 Å². The third-order valence-corrected chi connectivity index (χ3v) is 6.32. The fourth-order valence-corrected chi connectivity index (χ4v) is 5.16. The fourth-order valence-electron chi connectivity index (χ4n) is 5.16. The smallest absolute Gasteiger partial charge is 0.306 e. The second-order valence-electron chi connectivity index (χ2n) is 7.74. The first-order chi connectivity index (χ1) is 12.8. The van der Waals surface area contributed by atoms with Crippen molar-refractivity contribution >= 4 is 11.0 Å². The highest BCUT2D eigenvalue weighted by Gasteiger charge is 2.37. The molecule has 26 heavy (non-hydrogen) atoms. The molecule has 3 heterocycles. The summed E-state index contributed by atoms with van der Waals surface area (Å²) in [5, 5.41) is 0. The molecule has 2 aliphatic rings. The SMILES string of the molecule is O=c1[nH]c2ccccc2n1[C@H]1CCN2[C@H](CCC[C@H]2c2ccccc2)C1. The number of fused-ring (bicyclic) bond motifs is 2. The van der Waals surface area contributed by atoms with Gasteiger partial charge in [0.1, 0.15) is 0 Å². The molecule has 2 aromatic carbocycles. The summed E-state index contributed by atoms with van der Waals surface area (Å²) in [6, 6.07) is 20.4. The van der Waals surface area contributed by atoms with Crippen LogP contribution in [0.25, 0.3) is 11.0 Å². The van der Waals surface area contributed by atoms with Crippen LogP contribution in [0.5, 0.6) is 0 Å². The molecule has 0 bridgehead atoms. The lowest BCUT2D eigenvalue weighted by atomic mass is 9.84. The van der Waals surface area contributed by atoms with Crippen LogP contribution in [0.3, 0.4) is 0 Å². The number of nitrogens with zero attached hydrogens (tertiary/aromatic N) is 2. The molecule has 1 N–H and O–H groups in total. The van der Waals surface area contributed by atoms with E-state index in [0.717, 1.165) is 30.4 Å². The van der Waals surface area contributed by atoms with E-state index >= 15 is 0 Å². The van der Waals surface area contributed by atoms with Gasteiger partial charge in [-0.3, -0.25) is 9.47 Å². The molecule has 5 rings (SSSR count). The normalized spacial score (nSPS) is 26.7. The molecule has 0 spiro atoms. The summed E-state index contributed by atoms with van der Waals surface area (Å²) < 4.78 is 2.01. The van der Waals surface area contributed by atoms with Gasteiger partial charge < -0.3 is 4.98 Å². The molecule has 0 unspecified atom stereocenters. The summed E-state index contributed by atoms with van der Waals surface area (Å²) in [5.74, 6) is 0. The van der Waals surface area contributed by atoms with Gasteiger partial charge in [0.15, 0.2) is 0 Å². The fraction of sp³-hybridized carbons (Fsp3) is 0.409. The molecule has 0 aliphatic carbocycles. The van der Waals surface area contributed by atoms with E-state index in [4.69, 9.17) is 0 Å². The minimum atomic E-state index is 0.0417. The number of para-hydroxylation sites is 2. The highest BCUT2D eigenvalue weighted by Crippen LogP contribution is 2.41. The van der Waals surface area contributed by atoms with Gasteiger partial charge >= 0.3 is 5.69 Å². The zero-order valence-electron chi connectivity index (χ0n) is 15.0. The Hall–Kier alpha value is -2.33. The van der Waals surface area contributed by atoms with E-state index in [9.17, 15) is 4.79 Å². The monoisotopic (exact) mass is 347 g/mol. The van der Waals surface area contributed by atoms with Gasteiger partial charge in [-0.1, -0.05) is 42.5 Å². The lowest BCUT2D eigenvalue weighted by Crippen LogP contribution is -2.48. The van der Waals surface area contributed by atoms with Crippen molar-refractivity contribution in [2.75, 3.05) is 6.54 Å². The van der Waals surface area contributed by atoms with Gasteiger partial charge in [0.05, 0.1) is 11.0 Å². The number of hydrogen-bond acceptors (Lipinski definition) is 2. The van der Waals surface area contributed by atoms with Crippen LogP contribution in [0.15, 0.2) is 59.4 Å². The van der Waals surface area contributed by atoms with Crippen LogP contribution in [-0.4, -0.2) is 27.0 Å².